The Labute approximate surface area is 357 Å². The number of nitrogens with zero attached hydrogens (tertiary/aromatic N) is 8. The Hall–Kier alpha value is -6.69. The number of fused-ring (bicyclic) bond motifs is 3. The summed E-state index contributed by atoms with van der Waals surface area (Å²) < 4.78 is 61.9. The number of anilines is 2. The molecule has 3 aromatic heterocycles. The fraction of sp³-hybridized carbons (Fsp3) is 0.326. The maximum Gasteiger partial charge on any atom is 0.416 e. The van der Waals surface area contributed by atoms with Crippen LogP contribution in [0.25, 0.3) is 17.2 Å². The summed E-state index contributed by atoms with van der Waals surface area (Å²) in [6.07, 6.45) is -2.49. The Balaban J connectivity index is 1.05. The number of para-hydroxylation sites is 1. The molecule has 1 saturated heterocycles. The molecule has 3 aromatic carbocycles. The Bertz CT molecular complexity index is 2810. The number of halogens is 4. The Morgan fingerprint density at radius 1 is 0.968 bits per heavy atom. The zero-order valence-electron chi connectivity index (χ0n) is 33.6. The molecular formula is C43H39ClF3N9O6. The Morgan fingerprint density at radius 3 is 2.45 bits per heavy atom. The second kappa shape index (κ2) is 16.3. The van der Waals surface area contributed by atoms with Crippen molar-refractivity contribution in [2.45, 2.75) is 52.4 Å². The third kappa shape index (κ3) is 7.41. The van der Waals surface area contributed by atoms with Crippen molar-refractivity contribution in [3.63, 3.8) is 0 Å². The van der Waals surface area contributed by atoms with E-state index in [9.17, 15) is 27.6 Å². The van der Waals surface area contributed by atoms with Gasteiger partial charge in [-0.2, -0.15) is 22.7 Å². The first kappa shape index (κ1) is 40.7. The fourth-order valence-electron chi connectivity index (χ4n) is 8.18. The van der Waals surface area contributed by atoms with Crippen LogP contribution in [0.15, 0.2) is 65.7 Å². The standard InChI is InChI=1S/C43H39ClF3N9O6/c1-3-31-36(53-14-16-54(17-15-53)40(58)35-37(24(2)48-23-49-35)62-22-25-8-5-4-6-9-25)41(59)56-42(51-39(52-56)28-10-7-11-32-38(28)61-19-18-60-32)55(31)21-33(57)50-34-27-13-12-26(27)29(20-30(34)44)43(45,46)47/h4-11,20,23H,3,12-19,21-22H2,1-2H3,(H,50,57). The molecule has 62 heavy (non-hydrogen) atoms. The number of piperazine rings is 1. The van der Waals surface area contributed by atoms with Crippen molar-refractivity contribution in [1.29, 1.82) is 0 Å². The van der Waals surface area contributed by atoms with E-state index in [0.717, 1.165) is 16.1 Å². The Morgan fingerprint density at radius 2 is 1.73 bits per heavy atom. The number of carbonyl (C=O) groups is 2. The molecule has 3 aliphatic rings. The largest absolute Gasteiger partial charge is 0.486 e. The lowest BCUT2D eigenvalue weighted by atomic mass is 9.83. The average molecular weight is 870 g/mol. The number of rotatable bonds is 10. The minimum atomic E-state index is -4.60. The van der Waals surface area contributed by atoms with Crippen LogP contribution in [-0.4, -0.2) is 85.2 Å². The molecule has 15 nitrogen and oxygen atoms in total. The third-order valence-electron chi connectivity index (χ3n) is 11.3. The predicted octanol–water partition coefficient (Wildman–Crippen LogP) is 5.94. The lowest BCUT2D eigenvalue weighted by molar-refractivity contribution is -0.138. The molecule has 0 spiro atoms. The first-order chi connectivity index (χ1) is 29.9. The molecule has 1 aliphatic carbocycles. The number of hydrogen-bond acceptors (Lipinski definition) is 11. The van der Waals surface area contributed by atoms with E-state index < -0.39 is 29.8 Å². The van der Waals surface area contributed by atoms with E-state index in [2.05, 4.69) is 20.4 Å². The SMILES string of the molecule is CCc1c(N2CCN(C(=O)c3ncnc(C)c3OCc3ccccc3)CC2)c(=O)n2nc(-c3cccc4c3OCCO4)nc2n1CC(=O)Nc1c(Cl)cc(C(F)(F)F)c2c1CC2. The molecule has 6 aromatic rings. The van der Waals surface area contributed by atoms with Crippen molar-refractivity contribution in [1.82, 2.24) is 34.0 Å². The highest BCUT2D eigenvalue weighted by molar-refractivity contribution is 6.34. The Kier molecular flexibility index (Phi) is 10.7. The molecule has 1 fully saturated rings. The summed E-state index contributed by atoms with van der Waals surface area (Å²) in [5.41, 5.74) is 1.97. The van der Waals surface area contributed by atoms with Gasteiger partial charge >= 0.3 is 6.18 Å². The van der Waals surface area contributed by atoms with Gasteiger partial charge in [0.05, 0.1) is 33.2 Å². The molecule has 19 heteroatoms. The monoisotopic (exact) mass is 869 g/mol. The molecule has 9 rings (SSSR count). The molecule has 0 atom stereocenters. The zero-order chi connectivity index (χ0) is 43.3. The van der Waals surface area contributed by atoms with Crippen LogP contribution in [0.5, 0.6) is 17.2 Å². The number of ether oxygens (including phenoxy) is 3. The molecule has 0 saturated carbocycles. The summed E-state index contributed by atoms with van der Waals surface area (Å²) in [5.74, 6) is 0.421. The van der Waals surface area contributed by atoms with Gasteiger partial charge in [0.2, 0.25) is 11.7 Å². The molecule has 320 valence electrons. The van der Waals surface area contributed by atoms with E-state index in [1.54, 1.807) is 34.6 Å². The van der Waals surface area contributed by atoms with Crippen LogP contribution in [-0.2, 0) is 43.4 Å². The van der Waals surface area contributed by atoms with Crippen molar-refractivity contribution in [3.05, 3.63) is 116 Å². The van der Waals surface area contributed by atoms with E-state index in [4.69, 9.17) is 30.8 Å². The van der Waals surface area contributed by atoms with Crippen molar-refractivity contribution in [3.8, 4) is 28.6 Å². The summed E-state index contributed by atoms with van der Waals surface area (Å²) >= 11 is 6.39. The molecule has 0 radical (unpaired) electrons. The van der Waals surface area contributed by atoms with Crippen LogP contribution in [0.1, 0.15) is 51.1 Å². The van der Waals surface area contributed by atoms with E-state index in [0.29, 0.717) is 47.0 Å². The predicted molar refractivity (Wildman–Crippen MR) is 221 cm³/mol. The van der Waals surface area contributed by atoms with Gasteiger partial charge in [-0.25, -0.2) is 9.97 Å². The van der Waals surface area contributed by atoms with Gasteiger partial charge in [-0.3, -0.25) is 14.4 Å². The van der Waals surface area contributed by atoms with Crippen LogP contribution in [0.3, 0.4) is 0 Å². The highest BCUT2D eigenvalue weighted by Crippen LogP contribution is 2.45. The number of amides is 2. The lowest BCUT2D eigenvalue weighted by Gasteiger charge is -2.36. The summed E-state index contributed by atoms with van der Waals surface area (Å²) in [4.78, 5) is 59.5. The van der Waals surface area contributed by atoms with Crippen LogP contribution >= 0.6 is 11.6 Å². The van der Waals surface area contributed by atoms with Crippen molar-refractivity contribution >= 4 is 40.6 Å². The average Bonchev–Trinajstić information content (AvgIpc) is 3.71. The molecule has 1 N–H and O–H groups in total. The maximum absolute atomic E-state index is 14.7. The highest BCUT2D eigenvalue weighted by Gasteiger charge is 2.39. The number of aromatic nitrogens is 6. The quantitative estimate of drug-likeness (QED) is 0.174. The van der Waals surface area contributed by atoms with Crippen molar-refractivity contribution in [2.24, 2.45) is 0 Å². The number of carbonyl (C=O) groups excluding carboxylic acids is 2. The van der Waals surface area contributed by atoms with Gasteiger partial charge in [0.25, 0.3) is 11.5 Å². The van der Waals surface area contributed by atoms with E-state index in [-0.39, 0.29) is 103 Å². The van der Waals surface area contributed by atoms with Gasteiger partial charge in [-0.05, 0) is 61.1 Å². The van der Waals surface area contributed by atoms with Gasteiger partial charge in [-0.1, -0.05) is 54.9 Å². The number of aryl methyl sites for hydroxylation is 1. The second-order valence-electron chi connectivity index (χ2n) is 15.0. The zero-order valence-corrected chi connectivity index (χ0v) is 34.3. The number of alkyl halides is 3. The van der Waals surface area contributed by atoms with Crippen molar-refractivity contribution < 1.29 is 37.0 Å². The summed E-state index contributed by atoms with van der Waals surface area (Å²) in [6.45, 7) is 4.96. The van der Waals surface area contributed by atoms with E-state index in [1.165, 1.54) is 6.33 Å². The number of benzene rings is 3. The van der Waals surface area contributed by atoms with Crippen LogP contribution < -0.4 is 30.0 Å². The summed E-state index contributed by atoms with van der Waals surface area (Å²) in [7, 11) is 0. The molecule has 2 aliphatic heterocycles. The van der Waals surface area contributed by atoms with E-state index >= 15 is 0 Å². The van der Waals surface area contributed by atoms with Crippen LogP contribution in [0.2, 0.25) is 5.02 Å². The summed E-state index contributed by atoms with van der Waals surface area (Å²) in [6, 6.07) is 15.6. The van der Waals surface area contributed by atoms with Gasteiger partial charge in [-0.15, -0.1) is 5.10 Å². The van der Waals surface area contributed by atoms with Crippen LogP contribution in [0.4, 0.5) is 24.5 Å². The first-order valence-electron chi connectivity index (χ1n) is 20.1. The molecule has 2 amide bonds. The van der Waals surface area contributed by atoms with Crippen LogP contribution in [0, 0.1) is 6.92 Å². The minimum Gasteiger partial charge on any atom is -0.486 e. The van der Waals surface area contributed by atoms with Gasteiger partial charge in [0.15, 0.2) is 28.8 Å². The fourth-order valence-corrected chi connectivity index (χ4v) is 8.45. The smallest absolute Gasteiger partial charge is 0.416 e. The highest BCUT2D eigenvalue weighted by atomic mass is 35.5. The van der Waals surface area contributed by atoms with Gasteiger partial charge in [0.1, 0.15) is 38.4 Å². The normalized spacial score (nSPS) is 14.7. The summed E-state index contributed by atoms with van der Waals surface area (Å²) in [5, 5.41) is 7.18. The second-order valence-corrected chi connectivity index (χ2v) is 15.4. The first-order valence-corrected chi connectivity index (χ1v) is 20.4. The molecule has 0 bridgehead atoms. The molecular weight excluding hydrogens is 831 g/mol. The topological polar surface area (TPSA) is 158 Å². The number of hydrogen-bond donors (Lipinski definition) is 1. The third-order valence-corrected chi connectivity index (χ3v) is 11.6. The molecule has 0 unspecified atom stereocenters. The van der Waals surface area contributed by atoms with Gasteiger partial charge in [0, 0.05) is 26.2 Å². The number of nitrogens with one attached hydrogen (secondary N) is 1. The lowest BCUT2D eigenvalue weighted by Crippen LogP contribution is -2.51. The van der Waals surface area contributed by atoms with Crippen molar-refractivity contribution in [2.75, 3.05) is 49.6 Å². The maximum atomic E-state index is 14.7. The van der Waals surface area contributed by atoms with Gasteiger partial charge < -0.3 is 33.9 Å². The van der Waals surface area contributed by atoms with E-state index in [1.807, 2.05) is 42.2 Å². The molecule has 5 heterocycles. The minimum absolute atomic E-state index is 0.0533.